The van der Waals surface area contributed by atoms with E-state index < -0.39 is 0 Å². The molecule has 0 unspecified atom stereocenters. The highest BCUT2D eigenvalue weighted by molar-refractivity contribution is 9.10. The van der Waals surface area contributed by atoms with Gasteiger partial charge in [-0.3, -0.25) is 10.1 Å². The van der Waals surface area contributed by atoms with Crippen LogP contribution in [0.15, 0.2) is 70.5 Å². The third-order valence-corrected chi connectivity index (χ3v) is 5.99. The fraction of sp³-hybridized carbons (Fsp3) is 0.0455. The molecule has 0 saturated carbocycles. The van der Waals surface area contributed by atoms with Crippen molar-refractivity contribution in [1.82, 2.24) is 10.3 Å². The number of rotatable bonds is 4. The number of thiazole rings is 1. The molecule has 0 aliphatic carbocycles. The molecule has 4 aromatic rings. The molecule has 30 heavy (non-hydrogen) atoms. The first kappa shape index (κ1) is 20.5. The topological polar surface area (TPSA) is 63.2 Å². The maximum absolute atomic E-state index is 12.5. The van der Waals surface area contributed by atoms with Crippen molar-refractivity contribution in [3.05, 3.63) is 76.1 Å². The summed E-state index contributed by atoms with van der Waals surface area (Å²) in [7, 11) is 1.62. The fourth-order valence-corrected chi connectivity index (χ4v) is 4.44. The van der Waals surface area contributed by atoms with E-state index in [-0.39, 0.29) is 11.0 Å². The molecule has 150 valence electrons. The van der Waals surface area contributed by atoms with Crippen molar-refractivity contribution >= 4 is 66.4 Å². The van der Waals surface area contributed by atoms with Gasteiger partial charge < -0.3 is 10.1 Å². The summed E-state index contributed by atoms with van der Waals surface area (Å²) in [4.78, 5) is 17.1. The fourth-order valence-electron chi connectivity index (χ4n) is 2.92. The van der Waals surface area contributed by atoms with Gasteiger partial charge in [-0.15, -0.1) is 11.3 Å². The first-order chi connectivity index (χ1) is 14.5. The minimum Gasteiger partial charge on any atom is -0.496 e. The Morgan fingerprint density at radius 3 is 2.67 bits per heavy atom. The van der Waals surface area contributed by atoms with Crippen LogP contribution in [0.2, 0.25) is 0 Å². The second kappa shape index (κ2) is 8.91. The highest BCUT2D eigenvalue weighted by Crippen LogP contribution is 2.32. The van der Waals surface area contributed by atoms with Gasteiger partial charge >= 0.3 is 0 Å². The van der Waals surface area contributed by atoms with Crippen LogP contribution in [0.3, 0.4) is 0 Å². The molecule has 8 heteroatoms. The predicted octanol–water partition coefficient (Wildman–Crippen LogP) is 5.86. The number of benzene rings is 3. The third-order valence-electron chi connectivity index (χ3n) is 4.41. The predicted molar refractivity (Wildman–Crippen MR) is 129 cm³/mol. The van der Waals surface area contributed by atoms with Crippen LogP contribution in [0.25, 0.3) is 22.0 Å². The first-order valence-electron chi connectivity index (χ1n) is 8.94. The average molecular weight is 498 g/mol. The molecule has 3 aromatic carbocycles. The molecule has 0 bridgehead atoms. The molecule has 1 heterocycles. The van der Waals surface area contributed by atoms with E-state index in [9.17, 15) is 4.79 Å². The monoisotopic (exact) mass is 497 g/mol. The number of carbonyl (C=O) groups excluding carboxylic acids is 1. The SMILES string of the molecule is COc1ccc(-c2csc(NC(=S)NC(=O)c3ccc4ccccc4c3)n2)cc1Br. The number of nitrogens with one attached hydrogen (secondary N) is 2. The molecule has 5 nitrogen and oxygen atoms in total. The largest absolute Gasteiger partial charge is 0.496 e. The summed E-state index contributed by atoms with van der Waals surface area (Å²) in [6.07, 6.45) is 0. The van der Waals surface area contributed by atoms with Gasteiger partial charge in [0.2, 0.25) is 0 Å². The van der Waals surface area contributed by atoms with Crippen molar-refractivity contribution < 1.29 is 9.53 Å². The van der Waals surface area contributed by atoms with Crippen molar-refractivity contribution in [3.8, 4) is 17.0 Å². The second-order valence-electron chi connectivity index (χ2n) is 6.36. The molecule has 2 N–H and O–H groups in total. The van der Waals surface area contributed by atoms with Crippen molar-refractivity contribution in [2.45, 2.75) is 0 Å². The minimum absolute atomic E-state index is 0.199. The Hall–Kier alpha value is -2.81. The number of methoxy groups -OCH3 is 1. The number of aromatic nitrogens is 1. The van der Waals surface area contributed by atoms with Crippen LogP contribution < -0.4 is 15.4 Å². The Labute approximate surface area is 191 Å². The lowest BCUT2D eigenvalue weighted by Crippen LogP contribution is -2.34. The van der Waals surface area contributed by atoms with Crippen LogP contribution >= 0.6 is 39.5 Å². The van der Waals surface area contributed by atoms with Crippen molar-refractivity contribution in [2.24, 2.45) is 0 Å². The molecule has 0 fully saturated rings. The standard InChI is InChI=1S/C22H16BrN3O2S2/c1-28-19-9-8-15(11-17(19)23)18-12-30-22(24-18)26-21(29)25-20(27)16-7-6-13-4-2-3-5-14(13)10-16/h2-12H,1H3,(H2,24,25,26,27,29). The number of carbonyl (C=O) groups is 1. The number of halogens is 1. The zero-order valence-electron chi connectivity index (χ0n) is 15.8. The molecule has 1 amide bonds. The molecule has 0 aliphatic rings. The van der Waals surface area contributed by atoms with Gasteiger partial charge in [0.25, 0.3) is 5.91 Å². The van der Waals surface area contributed by atoms with Crippen molar-refractivity contribution in [2.75, 3.05) is 12.4 Å². The Bertz CT molecular complexity index is 1260. The highest BCUT2D eigenvalue weighted by Gasteiger charge is 2.12. The van der Waals surface area contributed by atoms with Gasteiger partial charge in [-0.2, -0.15) is 0 Å². The second-order valence-corrected chi connectivity index (χ2v) is 8.48. The van der Waals surface area contributed by atoms with E-state index >= 15 is 0 Å². The summed E-state index contributed by atoms with van der Waals surface area (Å²) in [6, 6.07) is 19.2. The van der Waals surface area contributed by atoms with Crippen molar-refractivity contribution in [1.29, 1.82) is 0 Å². The van der Waals surface area contributed by atoms with Gasteiger partial charge in [-0.25, -0.2) is 4.98 Å². The highest BCUT2D eigenvalue weighted by atomic mass is 79.9. The molecule has 0 radical (unpaired) electrons. The van der Waals surface area contributed by atoms with Gasteiger partial charge in [0.1, 0.15) is 5.75 Å². The number of fused-ring (bicyclic) bond motifs is 1. The van der Waals surface area contributed by atoms with Crippen LogP contribution in [-0.2, 0) is 0 Å². The molecule has 1 aromatic heterocycles. The van der Waals surface area contributed by atoms with E-state index in [1.807, 2.05) is 60.0 Å². The average Bonchev–Trinajstić information content (AvgIpc) is 3.21. The van der Waals surface area contributed by atoms with Gasteiger partial charge in [0.15, 0.2) is 10.2 Å². The number of hydrogen-bond donors (Lipinski definition) is 2. The van der Waals surface area contributed by atoms with E-state index in [2.05, 4.69) is 31.5 Å². The molecule has 0 spiro atoms. The van der Waals surface area contributed by atoms with Gasteiger partial charge in [0, 0.05) is 16.5 Å². The number of nitrogens with zero attached hydrogens (tertiary/aromatic N) is 1. The van der Waals surface area contributed by atoms with Crippen LogP contribution in [0.4, 0.5) is 5.13 Å². The van der Waals surface area contributed by atoms with Crippen molar-refractivity contribution in [3.63, 3.8) is 0 Å². The number of hydrogen-bond acceptors (Lipinski definition) is 5. The van der Waals surface area contributed by atoms with E-state index in [1.165, 1.54) is 11.3 Å². The zero-order valence-corrected chi connectivity index (χ0v) is 19.0. The summed E-state index contributed by atoms with van der Waals surface area (Å²) in [6.45, 7) is 0. The maximum Gasteiger partial charge on any atom is 0.257 e. The van der Waals surface area contributed by atoms with Crippen LogP contribution in [0, 0.1) is 0 Å². The van der Waals surface area contributed by atoms with Crippen LogP contribution in [0.5, 0.6) is 5.75 Å². The normalized spacial score (nSPS) is 10.6. The molecule has 0 saturated heterocycles. The lowest BCUT2D eigenvalue weighted by atomic mass is 10.1. The third kappa shape index (κ3) is 4.51. The molecular formula is C22H16BrN3O2S2. The minimum atomic E-state index is -0.269. The van der Waals surface area contributed by atoms with E-state index in [4.69, 9.17) is 17.0 Å². The lowest BCUT2D eigenvalue weighted by Gasteiger charge is -2.08. The number of amides is 1. The smallest absolute Gasteiger partial charge is 0.257 e. The first-order valence-corrected chi connectivity index (χ1v) is 11.0. The molecule has 4 rings (SSSR count). The van der Waals surface area contributed by atoms with E-state index in [0.29, 0.717) is 10.7 Å². The van der Waals surface area contributed by atoms with Gasteiger partial charge in [-0.1, -0.05) is 30.3 Å². The molecular weight excluding hydrogens is 482 g/mol. The number of ether oxygens (including phenoxy) is 1. The quantitative estimate of drug-likeness (QED) is 0.345. The summed E-state index contributed by atoms with van der Waals surface area (Å²) in [5, 5.41) is 10.5. The van der Waals surface area contributed by atoms with E-state index in [0.717, 1.165) is 32.3 Å². The maximum atomic E-state index is 12.5. The Balaban J connectivity index is 1.42. The Morgan fingerprint density at radius 1 is 1.10 bits per heavy atom. The number of anilines is 1. The zero-order chi connectivity index (χ0) is 21.1. The Kier molecular flexibility index (Phi) is 6.08. The summed E-state index contributed by atoms with van der Waals surface area (Å²) >= 11 is 10.2. The lowest BCUT2D eigenvalue weighted by molar-refractivity contribution is 0.0978. The van der Waals surface area contributed by atoms with Crippen LogP contribution in [-0.4, -0.2) is 23.1 Å². The van der Waals surface area contributed by atoms with Gasteiger partial charge in [-0.05, 0) is 69.3 Å². The summed E-state index contributed by atoms with van der Waals surface area (Å²) < 4.78 is 6.11. The summed E-state index contributed by atoms with van der Waals surface area (Å²) in [5.74, 6) is 0.485. The molecule has 0 aliphatic heterocycles. The Morgan fingerprint density at radius 2 is 1.90 bits per heavy atom. The molecule has 0 atom stereocenters. The van der Waals surface area contributed by atoms with Gasteiger partial charge in [0.05, 0.1) is 17.3 Å². The number of thiocarbonyl (C=S) groups is 1. The van der Waals surface area contributed by atoms with E-state index in [1.54, 1.807) is 13.2 Å². The van der Waals surface area contributed by atoms with Crippen LogP contribution in [0.1, 0.15) is 10.4 Å². The summed E-state index contributed by atoms with van der Waals surface area (Å²) in [5.41, 5.74) is 2.29.